The molecule has 5 rings (SSSR count). The first kappa shape index (κ1) is 22.6. The molecule has 10 nitrogen and oxygen atoms in total. The van der Waals surface area contributed by atoms with E-state index in [-0.39, 0.29) is 12.5 Å². The first-order valence-corrected chi connectivity index (χ1v) is 11.5. The summed E-state index contributed by atoms with van der Waals surface area (Å²) in [6, 6.07) is 14.9. The maximum atomic E-state index is 12.4. The number of nitrogens with two attached hydrogens (primary N) is 1. The molecule has 10 heteroatoms. The quantitative estimate of drug-likeness (QED) is 0.387. The minimum atomic E-state index is -0.574. The highest BCUT2D eigenvalue weighted by atomic mass is 16.5. The van der Waals surface area contributed by atoms with Crippen LogP contribution in [0.3, 0.4) is 0 Å². The van der Waals surface area contributed by atoms with Gasteiger partial charge in [-0.3, -0.25) is 5.32 Å². The number of fused-ring (bicyclic) bond motifs is 1. The van der Waals surface area contributed by atoms with Gasteiger partial charge in [0.2, 0.25) is 0 Å². The number of anilines is 2. The molecule has 0 atom stereocenters. The third-order valence-corrected chi connectivity index (χ3v) is 6.12. The Labute approximate surface area is 202 Å². The Morgan fingerprint density at radius 1 is 1.17 bits per heavy atom. The van der Waals surface area contributed by atoms with Gasteiger partial charge in [-0.25, -0.2) is 19.4 Å². The van der Waals surface area contributed by atoms with Gasteiger partial charge in [-0.1, -0.05) is 30.3 Å². The highest BCUT2D eigenvalue weighted by Crippen LogP contribution is 2.34. The van der Waals surface area contributed by atoms with Gasteiger partial charge in [0.15, 0.2) is 5.82 Å². The largest absolute Gasteiger partial charge is 0.494 e. The van der Waals surface area contributed by atoms with Crippen LogP contribution in [-0.4, -0.2) is 46.0 Å². The summed E-state index contributed by atoms with van der Waals surface area (Å²) < 4.78 is 12.6. The molecule has 0 radical (unpaired) electrons. The number of aromatic nitrogens is 4. The summed E-state index contributed by atoms with van der Waals surface area (Å²) in [4.78, 5) is 21.1. The average Bonchev–Trinajstić information content (AvgIpc) is 3.30. The van der Waals surface area contributed by atoms with Gasteiger partial charge in [-0.05, 0) is 43.6 Å². The highest BCUT2D eigenvalue weighted by Gasteiger charge is 2.25. The van der Waals surface area contributed by atoms with Gasteiger partial charge in [-0.15, -0.1) is 0 Å². The number of nitrogen functional groups attached to an aromatic ring is 1. The zero-order valence-corrected chi connectivity index (χ0v) is 19.4. The molecule has 0 bridgehead atoms. The number of carbonyl (C=O) groups excluding carboxylic acids is 1. The van der Waals surface area contributed by atoms with Crippen LogP contribution >= 0.6 is 0 Å². The van der Waals surface area contributed by atoms with Crippen LogP contribution in [0.1, 0.15) is 30.0 Å². The molecule has 35 heavy (non-hydrogen) atoms. The number of hydrogen-bond donors (Lipinski definition) is 3. The summed E-state index contributed by atoms with van der Waals surface area (Å²) in [6.07, 6.45) is 2.86. The van der Waals surface area contributed by atoms with E-state index in [1.54, 1.807) is 23.9 Å². The van der Waals surface area contributed by atoms with Crippen LogP contribution in [0, 0.1) is 0 Å². The van der Waals surface area contributed by atoms with Gasteiger partial charge in [0, 0.05) is 12.0 Å². The Hall–Kier alpha value is -4.18. The zero-order chi connectivity index (χ0) is 24.2. The highest BCUT2D eigenvalue weighted by molar-refractivity contribution is 5.89. The number of ether oxygens (including phenoxy) is 2. The molecule has 1 aliphatic heterocycles. The second-order valence-corrected chi connectivity index (χ2v) is 8.35. The summed E-state index contributed by atoms with van der Waals surface area (Å²) >= 11 is 0. The topological polar surface area (TPSA) is 129 Å². The molecular formula is C25H27N7O3. The molecule has 2 aromatic carbocycles. The van der Waals surface area contributed by atoms with Crippen LogP contribution in [0.25, 0.3) is 16.7 Å². The van der Waals surface area contributed by atoms with Gasteiger partial charge >= 0.3 is 6.09 Å². The van der Waals surface area contributed by atoms with E-state index in [0.717, 1.165) is 48.4 Å². The van der Waals surface area contributed by atoms with Crippen molar-refractivity contribution in [2.45, 2.75) is 25.4 Å². The fraction of sp³-hybridized carbons (Fsp3) is 0.280. The van der Waals surface area contributed by atoms with E-state index in [0.29, 0.717) is 22.8 Å². The second kappa shape index (κ2) is 9.98. The van der Waals surface area contributed by atoms with Crippen LogP contribution in [-0.2, 0) is 11.3 Å². The molecule has 3 heterocycles. The van der Waals surface area contributed by atoms with Crippen molar-refractivity contribution in [2.75, 3.05) is 31.2 Å². The van der Waals surface area contributed by atoms with Crippen molar-refractivity contribution in [3.8, 4) is 11.4 Å². The minimum absolute atomic E-state index is 0.172. The Balaban J connectivity index is 1.42. The molecule has 1 fully saturated rings. The van der Waals surface area contributed by atoms with Crippen molar-refractivity contribution in [3.63, 3.8) is 0 Å². The van der Waals surface area contributed by atoms with Crippen molar-refractivity contribution in [1.29, 1.82) is 0 Å². The van der Waals surface area contributed by atoms with Crippen molar-refractivity contribution >= 4 is 28.6 Å². The van der Waals surface area contributed by atoms with E-state index < -0.39 is 6.09 Å². The number of amides is 1. The fourth-order valence-corrected chi connectivity index (χ4v) is 4.34. The van der Waals surface area contributed by atoms with Crippen molar-refractivity contribution < 1.29 is 14.3 Å². The predicted molar refractivity (Wildman–Crippen MR) is 133 cm³/mol. The number of hydrogen-bond acceptors (Lipinski definition) is 8. The summed E-state index contributed by atoms with van der Waals surface area (Å²) in [5.41, 5.74) is 10.7. The van der Waals surface area contributed by atoms with E-state index >= 15 is 0 Å². The Bertz CT molecular complexity index is 1330. The molecule has 0 unspecified atom stereocenters. The first-order valence-electron chi connectivity index (χ1n) is 11.5. The standard InChI is InChI=1S/C25H27N7O3/c1-34-20-13-18(7-8-19(20)30-25(33)35-14-16-5-3-2-4-6-16)32-23-22(28-15-29-24(23)26)21(31-32)17-9-11-27-12-10-17/h2-8,13,15,17,27H,9-12,14H2,1H3,(H,30,33)(H2,26,28,29). The molecule has 1 aliphatic rings. The summed E-state index contributed by atoms with van der Waals surface area (Å²) in [5, 5.41) is 11.0. The van der Waals surface area contributed by atoms with Crippen LogP contribution in [0.5, 0.6) is 5.75 Å². The molecule has 1 saturated heterocycles. The molecule has 2 aromatic heterocycles. The Morgan fingerprint density at radius 2 is 1.97 bits per heavy atom. The van der Waals surface area contributed by atoms with Crippen molar-refractivity contribution in [3.05, 3.63) is 66.1 Å². The van der Waals surface area contributed by atoms with Crippen LogP contribution < -0.4 is 21.1 Å². The lowest BCUT2D eigenvalue weighted by molar-refractivity contribution is 0.155. The van der Waals surface area contributed by atoms with Gasteiger partial charge in [-0.2, -0.15) is 5.10 Å². The van der Waals surface area contributed by atoms with E-state index in [1.165, 1.54) is 6.33 Å². The number of nitrogens with one attached hydrogen (secondary N) is 2. The number of rotatable bonds is 6. The second-order valence-electron chi connectivity index (χ2n) is 8.35. The van der Waals surface area contributed by atoms with Crippen molar-refractivity contribution in [1.82, 2.24) is 25.1 Å². The zero-order valence-electron chi connectivity index (χ0n) is 19.4. The lowest BCUT2D eigenvalue weighted by Crippen LogP contribution is -2.27. The average molecular weight is 474 g/mol. The number of piperidine rings is 1. The van der Waals surface area contributed by atoms with Gasteiger partial charge < -0.3 is 20.5 Å². The normalized spacial score (nSPS) is 14.1. The van der Waals surface area contributed by atoms with Crippen LogP contribution in [0.15, 0.2) is 54.9 Å². The minimum Gasteiger partial charge on any atom is -0.494 e. The molecule has 0 saturated carbocycles. The van der Waals surface area contributed by atoms with Gasteiger partial charge in [0.1, 0.15) is 29.7 Å². The van der Waals surface area contributed by atoms with E-state index in [2.05, 4.69) is 20.6 Å². The summed E-state index contributed by atoms with van der Waals surface area (Å²) in [5.74, 6) is 1.10. The molecule has 180 valence electrons. The van der Waals surface area contributed by atoms with Crippen LogP contribution in [0.4, 0.5) is 16.3 Å². The number of nitrogens with zero attached hydrogens (tertiary/aromatic N) is 4. The Kier molecular flexibility index (Phi) is 6.44. The number of carbonyl (C=O) groups is 1. The van der Waals surface area contributed by atoms with E-state index in [9.17, 15) is 4.79 Å². The first-order chi connectivity index (χ1) is 17.1. The SMILES string of the molecule is COc1cc(-n2nc(C3CCNCC3)c3ncnc(N)c32)ccc1NC(=O)OCc1ccccc1. The van der Waals surface area contributed by atoms with E-state index in [1.807, 2.05) is 36.4 Å². The molecule has 4 aromatic rings. The predicted octanol–water partition coefficient (Wildman–Crippen LogP) is 3.62. The lowest BCUT2D eigenvalue weighted by atomic mass is 9.94. The third kappa shape index (κ3) is 4.73. The smallest absolute Gasteiger partial charge is 0.412 e. The van der Waals surface area contributed by atoms with E-state index in [4.69, 9.17) is 20.3 Å². The Morgan fingerprint density at radius 3 is 2.74 bits per heavy atom. The molecule has 1 amide bonds. The number of methoxy groups -OCH3 is 1. The molecular weight excluding hydrogens is 446 g/mol. The van der Waals surface area contributed by atoms with Crippen molar-refractivity contribution in [2.24, 2.45) is 0 Å². The van der Waals surface area contributed by atoms with Crippen LogP contribution in [0.2, 0.25) is 0 Å². The maximum Gasteiger partial charge on any atom is 0.412 e. The monoisotopic (exact) mass is 473 g/mol. The maximum absolute atomic E-state index is 12.4. The summed E-state index contributed by atoms with van der Waals surface area (Å²) in [6.45, 7) is 2.05. The fourth-order valence-electron chi connectivity index (χ4n) is 4.34. The molecule has 0 aliphatic carbocycles. The third-order valence-electron chi connectivity index (χ3n) is 6.12. The van der Waals surface area contributed by atoms with Gasteiger partial charge in [0.05, 0.1) is 24.2 Å². The molecule has 4 N–H and O–H groups in total. The number of benzene rings is 2. The molecule has 0 spiro atoms. The summed E-state index contributed by atoms with van der Waals surface area (Å²) in [7, 11) is 1.54. The lowest BCUT2D eigenvalue weighted by Gasteiger charge is -2.20. The van der Waals surface area contributed by atoms with Gasteiger partial charge in [0.25, 0.3) is 0 Å².